The second kappa shape index (κ2) is 5.93. The summed E-state index contributed by atoms with van der Waals surface area (Å²) in [4.78, 5) is 28.3. The number of hydrogen-bond donors (Lipinski definition) is 2. The van der Waals surface area contributed by atoms with Crippen LogP contribution in [-0.2, 0) is 0 Å². The largest absolute Gasteiger partial charge is 0.338 e. The fourth-order valence-corrected chi connectivity index (χ4v) is 4.41. The SMILES string of the molecule is NC1CCC2CN(C(=O)c3cc(N4CCNC4=O)ccc3Cl)CC12. The molecule has 2 aliphatic heterocycles. The molecule has 0 radical (unpaired) electrons. The number of halogens is 1. The summed E-state index contributed by atoms with van der Waals surface area (Å²) in [5.41, 5.74) is 7.32. The molecule has 3 amide bonds. The molecule has 6 nitrogen and oxygen atoms in total. The summed E-state index contributed by atoms with van der Waals surface area (Å²) in [6.07, 6.45) is 2.15. The predicted octanol–water partition coefficient (Wildman–Crippen LogP) is 1.68. The molecule has 2 saturated heterocycles. The molecule has 1 aromatic carbocycles. The molecule has 0 bridgehead atoms. The molecule has 1 aliphatic carbocycles. The first-order valence-corrected chi connectivity index (χ1v) is 8.82. The van der Waals surface area contributed by atoms with Crippen molar-refractivity contribution in [2.24, 2.45) is 17.6 Å². The Bertz CT molecular complexity index is 695. The van der Waals surface area contributed by atoms with Crippen LogP contribution in [0.4, 0.5) is 10.5 Å². The third kappa shape index (κ3) is 2.54. The van der Waals surface area contributed by atoms with E-state index in [2.05, 4.69) is 5.32 Å². The molecule has 4 rings (SSSR count). The fraction of sp³-hybridized carbons (Fsp3) is 0.529. The van der Waals surface area contributed by atoms with Gasteiger partial charge in [0.15, 0.2) is 0 Å². The molecule has 128 valence electrons. The summed E-state index contributed by atoms with van der Waals surface area (Å²) in [5.74, 6) is 0.846. The van der Waals surface area contributed by atoms with Crippen LogP contribution >= 0.6 is 11.6 Å². The van der Waals surface area contributed by atoms with Crippen LogP contribution in [-0.4, -0.2) is 49.1 Å². The number of nitrogens with zero attached hydrogens (tertiary/aromatic N) is 2. The highest BCUT2D eigenvalue weighted by atomic mass is 35.5. The van der Waals surface area contributed by atoms with E-state index in [0.29, 0.717) is 47.7 Å². The number of fused-ring (bicyclic) bond motifs is 1. The molecule has 0 spiro atoms. The predicted molar refractivity (Wildman–Crippen MR) is 92.3 cm³/mol. The monoisotopic (exact) mass is 348 g/mol. The molecule has 2 heterocycles. The Morgan fingerprint density at radius 2 is 2.12 bits per heavy atom. The molecular weight excluding hydrogens is 328 g/mol. The van der Waals surface area contributed by atoms with Crippen molar-refractivity contribution in [2.75, 3.05) is 31.1 Å². The topological polar surface area (TPSA) is 78.7 Å². The van der Waals surface area contributed by atoms with Crippen molar-refractivity contribution in [3.63, 3.8) is 0 Å². The van der Waals surface area contributed by atoms with Crippen LogP contribution in [0.3, 0.4) is 0 Å². The lowest BCUT2D eigenvalue weighted by Crippen LogP contribution is -2.34. The Morgan fingerprint density at radius 3 is 2.83 bits per heavy atom. The molecule has 3 N–H and O–H groups in total. The van der Waals surface area contributed by atoms with Gasteiger partial charge in [0.2, 0.25) is 0 Å². The number of likely N-dealkylation sites (tertiary alicyclic amines) is 1. The van der Waals surface area contributed by atoms with Gasteiger partial charge in [0, 0.05) is 37.9 Å². The summed E-state index contributed by atoms with van der Waals surface area (Å²) >= 11 is 6.27. The van der Waals surface area contributed by atoms with Gasteiger partial charge in [-0.25, -0.2) is 4.79 Å². The number of urea groups is 1. The van der Waals surface area contributed by atoms with Crippen molar-refractivity contribution in [3.05, 3.63) is 28.8 Å². The number of benzene rings is 1. The maximum absolute atomic E-state index is 12.9. The van der Waals surface area contributed by atoms with Crippen molar-refractivity contribution in [1.82, 2.24) is 10.2 Å². The van der Waals surface area contributed by atoms with Gasteiger partial charge in [-0.1, -0.05) is 11.6 Å². The standard InChI is InChI=1S/C17H21ClN4O2/c18-14-3-2-11(22-6-5-20-17(22)24)7-12(14)16(23)21-8-10-1-4-15(19)13(10)9-21/h2-3,7,10,13,15H,1,4-6,8-9,19H2,(H,20,24). The molecule has 0 aromatic heterocycles. The summed E-state index contributed by atoms with van der Waals surface area (Å²) in [6.45, 7) is 2.66. The van der Waals surface area contributed by atoms with Crippen LogP contribution in [0.15, 0.2) is 18.2 Å². The first-order valence-electron chi connectivity index (χ1n) is 8.44. The maximum atomic E-state index is 12.9. The van der Waals surface area contributed by atoms with Gasteiger partial charge in [0.1, 0.15) is 0 Å². The minimum atomic E-state index is -0.141. The molecule has 1 aromatic rings. The van der Waals surface area contributed by atoms with Gasteiger partial charge in [-0.3, -0.25) is 9.69 Å². The molecule has 7 heteroatoms. The van der Waals surface area contributed by atoms with Crippen LogP contribution in [0.5, 0.6) is 0 Å². The number of nitrogens with two attached hydrogens (primary N) is 1. The highest BCUT2D eigenvalue weighted by Crippen LogP contribution is 2.38. The van der Waals surface area contributed by atoms with E-state index in [1.54, 1.807) is 23.1 Å². The fourth-order valence-electron chi connectivity index (χ4n) is 4.21. The number of anilines is 1. The number of rotatable bonds is 2. The van der Waals surface area contributed by atoms with E-state index in [1.807, 2.05) is 4.90 Å². The van der Waals surface area contributed by atoms with E-state index in [0.717, 1.165) is 19.4 Å². The lowest BCUT2D eigenvalue weighted by Gasteiger charge is -2.21. The quantitative estimate of drug-likeness (QED) is 0.853. The zero-order valence-corrected chi connectivity index (χ0v) is 14.1. The second-order valence-corrected chi connectivity index (χ2v) is 7.33. The van der Waals surface area contributed by atoms with Gasteiger partial charge in [0.25, 0.3) is 5.91 Å². The smallest absolute Gasteiger partial charge is 0.321 e. The van der Waals surface area contributed by atoms with Gasteiger partial charge in [-0.05, 0) is 42.9 Å². The Balaban J connectivity index is 1.57. The lowest BCUT2D eigenvalue weighted by molar-refractivity contribution is 0.0779. The van der Waals surface area contributed by atoms with Crippen molar-refractivity contribution in [3.8, 4) is 0 Å². The van der Waals surface area contributed by atoms with E-state index >= 15 is 0 Å². The van der Waals surface area contributed by atoms with Crippen molar-refractivity contribution < 1.29 is 9.59 Å². The van der Waals surface area contributed by atoms with Gasteiger partial charge in [-0.15, -0.1) is 0 Å². The number of hydrogen-bond acceptors (Lipinski definition) is 3. The number of carbonyl (C=O) groups is 2. The van der Waals surface area contributed by atoms with Crippen LogP contribution in [0, 0.1) is 11.8 Å². The molecule has 1 saturated carbocycles. The number of carbonyl (C=O) groups excluding carboxylic acids is 2. The van der Waals surface area contributed by atoms with Gasteiger partial charge < -0.3 is 16.0 Å². The molecular formula is C17H21ClN4O2. The van der Waals surface area contributed by atoms with Crippen molar-refractivity contribution in [1.29, 1.82) is 0 Å². The van der Waals surface area contributed by atoms with Gasteiger partial charge in [0.05, 0.1) is 10.6 Å². The minimum absolute atomic E-state index is 0.0666. The van der Waals surface area contributed by atoms with Crippen LogP contribution in [0.1, 0.15) is 23.2 Å². The van der Waals surface area contributed by atoms with Crippen molar-refractivity contribution in [2.45, 2.75) is 18.9 Å². The van der Waals surface area contributed by atoms with E-state index < -0.39 is 0 Å². The maximum Gasteiger partial charge on any atom is 0.321 e. The third-order valence-electron chi connectivity index (χ3n) is 5.55. The zero-order chi connectivity index (χ0) is 16.8. The van der Waals surface area contributed by atoms with Gasteiger partial charge >= 0.3 is 6.03 Å². The van der Waals surface area contributed by atoms with Crippen LogP contribution in [0.25, 0.3) is 0 Å². The summed E-state index contributed by atoms with van der Waals surface area (Å²) in [7, 11) is 0. The molecule has 3 aliphatic rings. The Kier molecular flexibility index (Phi) is 3.89. The normalized spacial score (nSPS) is 29.1. The average Bonchev–Trinajstić information content (AvgIpc) is 3.25. The van der Waals surface area contributed by atoms with Gasteiger partial charge in [-0.2, -0.15) is 0 Å². The Labute approximate surface area is 145 Å². The lowest BCUT2D eigenvalue weighted by atomic mass is 9.98. The molecule has 3 atom stereocenters. The summed E-state index contributed by atoms with van der Waals surface area (Å²) < 4.78 is 0. The summed E-state index contributed by atoms with van der Waals surface area (Å²) in [5, 5.41) is 3.18. The van der Waals surface area contributed by atoms with E-state index in [9.17, 15) is 9.59 Å². The zero-order valence-electron chi connectivity index (χ0n) is 13.4. The molecule has 24 heavy (non-hydrogen) atoms. The highest BCUT2D eigenvalue weighted by Gasteiger charge is 2.42. The van der Waals surface area contributed by atoms with Crippen molar-refractivity contribution >= 4 is 29.2 Å². The number of amides is 3. The average molecular weight is 349 g/mol. The Morgan fingerprint density at radius 1 is 1.29 bits per heavy atom. The van der Waals surface area contributed by atoms with E-state index in [1.165, 1.54) is 0 Å². The second-order valence-electron chi connectivity index (χ2n) is 6.92. The molecule has 3 unspecified atom stereocenters. The highest BCUT2D eigenvalue weighted by molar-refractivity contribution is 6.34. The van der Waals surface area contributed by atoms with Crippen LogP contribution in [0.2, 0.25) is 5.02 Å². The van der Waals surface area contributed by atoms with E-state index in [-0.39, 0.29) is 18.0 Å². The summed E-state index contributed by atoms with van der Waals surface area (Å²) in [6, 6.07) is 5.25. The van der Waals surface area contributed by atoms with E-state index in [4.69, 9.17) is 17.3 Å². The Hall–Kier alpha value is -1.79. The van der Waals surface area contributed by atoms with Crippen LogP contribution < -0.4 is 16.0 Å². The first-order chi connectivity index (χ1) is 11.5. The third-order valence-corrected chi connectivity index (χ3v) is 5.88. The molecule has 3 fully saturated rings. The number of nitrogens with one attached hydrogen (secondary N) is 1. The first kappa shape index (κ1) is 15.7. The minimum Gasteiger partial charge on any atom is -0.338 e.